The van der Waals surface area contributed by atoms with E-state index in [9.17, 15) is 43.2 Å². The van der Waals surface area contributed by atoms with Crippen molar-refractivity contribution in [3.05, 3.63) is 0 Å². The molecule has 17 nitrogen and oxygen atoms in total. The molecule has 0 rings (SSSR count). The highest BCUT2D eigenvalue weighted by Gasteiger charge is 2.30. The number of rotatable bonds is 73. The first-order chi connectivity index (χ1) is 44.5. The van der Waals surface area contributed by atoms with Gasteiger partial charge in [0.25, 0.3) is 0 Å². The van der Waals surface area contributed by atoms with Crippen LogP contribution in [0.2, 0.25) is 0 Å². The second-order valence-electron chi connectivity index (χ2n) is 26.8. The van der Waals surface area contributed by atoms with Gasteiger partial charge >= 0.3 is 39.5 Å². The first kappa shape index (κ1) is 90.1. The van der Waals surface area contributed by atoms with Gasteiger partial charge < -0.3 is 33.8 Å². The summed E-state index contributed by atoms with van der Waals surface area (Å²) in [7, 11) is -9.89. The molecule has 0 amide bonds. The SMILES string of the molecule is CCCCCCCCCCCCCCCCCCCCCCCC(=O)O[C@H](COC(=O)CCCCCCCCCCCCCCCC(C)C)COP(=O)(O)OC[C@@H](O)COP(=O)(O)OC[C@@H](COC(=O)CCCCCCCCC)OC(=O)CCCCCCCCCC. The summed E-state index contributed by atoms with van der Waals surface area (Å²) in [5.74, 6) is -1.34. The van der Waals surface area contributed by atoms with Crippen molar-refractivity contribution in [1.29, 1.82) is 0 Å². The third kappa shape index (κ3) is 66.7. The number of phosphoric ester groups is 2. The molecule has 0 saturated carbocycles. The van der Waals surface area contributed by atoms with E-state index in [-0.39, 0.29) is 25.7 Å². The summed E-state index contributed by atoms with van der Waals surface area (Å²) in [6.45, 7) is 7.21. The second kappa shape index (κ2) is 66.3. The molecule has 0 aliphatic carbocycles. The number of phosphoric acid groups is 2. The van der Waals surface area contributed by atoms with Gasteiger partial charge in [0, 0.05) is 25.7 Å². The predicted octanol–water partition coefficient (Wildman–Crippen LogP) is 21.3. The first-order valence-electron chi connectivity index (χ1n) is 38.1. The van der Waals surface area contributed by atoms with Crippen LogP contribution < -0.4 is 0 Å². The summed E-state index contributed by atoms with van der Waals surface area (Å²) in [6.07, 6.45) is 54.5. The van der Waals surface area contributed by atoms with Crippen LogP contribution >= 0.6 is 15.6 Å². The standard InChI is InChI=1S/C73H142O17P2/c1-6-9-12-15-18-20-21-22-23-24-25-26-27-28-29-32-36-39-44-49-54-59-73(78)90-69(63-84-71(76)57-52-47-43-38-35-33-30-31-34-37-41-45-50-55-66(4)5)65-88-92(81,82)86-61-67(74)60-85-91(79,80)87-64-68(62-83-70(75)56-51-46-40-17-14-11-8-3)89-72(77)58-53-48-42-19-16-13-10-7-2/h66-69,74H,6-65H2,1-5H3,(H,79,80)(H,81,82)/t67-,68+,69+/m0/s1. The average Bonchev–Trinajstić information content (AvgIpc) is 2.86. The van der Waals surface area contributed by atoms with Gasteiger partial charge in [-0.2, -0.15) is 0 Å². The summed E-state index contributed by atoms with van der Waals surface area (Å²) in [6, 6.07) is 0. The molecular weight excluding hydrogens is 1210 g/mol. The van der Waals surface area contributed by atoms with Crippen molar-refractivity contribution in [2.75, 3.05) is 39.6 Å². The van der Waals surface area contributed by atoms with E-state index in [1.165, 1.54) is 186 Å². The van der Waals surface area contributed by atoms with Crippen LogP contribution in [0.1, 0.15) is 381 Å². The van der Waals surface area contributed by atoms with Crippen molar-refractivity contribution >= 4 is 39.5 Å². The topological polar surface area (TPSA) is 237 Å². The molecule has 0 aromatic carbocycles. The maximum absolute atomic E-state index is 13.1. The van der Waals surface area contributed by atoms with E-state index < -0.39 is 97.5 Å². The lowest BCUT2D eigenvalue weighted by Gasteiger charge is -2.21. The van der Waals surface area contributed by atoms with E-state index >= 15 is 0 Å². The van der Waals surface area contributed by atoms with Gasteiger partial charge in [0.2, 0.25) is 0 Å². The van der Waals surface area contributed by atoms with E-state index in [4.69, 9.17) is 37.0 Å². The zero-order valence-electron chi connectivity index (χ0n) is 59.7. The van der Waals surface area contributed by atoms with Gasteiger partial charge in [-0.05, 0) is 31.6 Å². The maximum Gasteiger partial charge on any atom is 0.472 e. The van der Waals surface area contributed by atoms with Crippen LogP contribution in [0.4, 0.5) is 0 Å². The van der Waals surface area contributed by atoms with Gasteiger partial charge in [-0.15, -0.1) is 0 Å². The monoisotopic (exact) mass is 1350 g/mol. The lowest BCUT2D eigenvalue weighted by Crippen LogP contribution is -2.30. The Kier molecular flexibility index (Phi) is 64.9. The van der Waals surface area contributed by atoms with Crippen LogP contribution in [-0.4, -0.2) is 96.7 Å². The predicted molar refractivity (Wildman–Crippen MR) is 372 cm³/mol. The van der Waals surface area contributed by atoms with Crippen LogP contribution in [0.5, 0.6) is 0 Å². The minimum Gasteiger partial charge on any atom is -0.462 e. The van der Waals surface area contributed by atoms with Gasteiger partial charge in [0.1, 0.15) is 19.3 Å². The number of ether oxygens (including phenoxy) is 4. The summed E-state index contributed by atoms with van der Waals surface area (Å²) < 4.78 is 68.2. The smallest absolute Gasteiger partial charge is 0.462 e. The first-order valence-corrected chi connectivity index (χ1v) is 41.1. The molecule has 0 saturated heterocycles. The molecule has 0 aliphatic heterocycles. The molecule has 0 aliphatic rings. The van der Waals surface area contributed by atoms with E-state index in [2.05, 4.69) is 34.6 Å². The second-order valence-corrected chi connectivity index (χ2v) is 29.7. The van der Waals surface area contributed by atoms with E-state index in [0.29, 0.717) is 25.7 Å². The van der Waals surface area contributed by atoms with Crippen LogP contribution in [0.25, 0.3) is 0 Å². The molecule has 0 aromatic rings. The third-order valence-corrected chi connectivity index (χ3v) is 18.9. The highest BCUT2D eigenvalue weighted by molar-refractivity contribution is 7.47. The Balaban J connectivity index is 5.13. The van der Waals surface area contributed by atoms with Crippen LogP contribution in [-0.2, 0) is 65.4 Å². The quantitative estimate of drug-likeness (QED) is 0.0222. The number of hydrogen-bond donors (Lipinski definition) is 3. The molecule has 2 unspecified atom stereocenters. The number of carbonyl (C=O) groups is 4. The normalized spacial score (nSPS) is 14.0. The highest BCUT2D eigenvalue weighted by atomic mass is 31.2. The lowest BCUT2D eigenvalue weighted by atomic mass is 10.0. The van der Waals surface area contributed by atoms with Gasteiger partial charge in [0.15, 0.2) is 12.2 Å². The molecule has 0 bridgehead atoms. The van der Waals surface area contributed by atoms with Gasteiger partial charge in [-0.3, -0.25) is 37.3 Å². The van der Waals surface area contributed by atoms with E-state index in [1.807, 2.05) is 0 Å². The highest BCUT2D eigenvalue weighted by Crippen LogP contribution is 2.45. The summed E-state index contributed by atoms with van der Waals surface area (Å²) in [5.41, 5.74) is 0. The number of aliphatic hydroxyl groups excluding tert-OH is 1. The Morgan fingerprint density at radius 1 is 0.293 bits per heavy atom. The molecular formula is C73H142O17P2. The summed E-state index contributed by atoms with van der Waals surface area (Å²) >= 11 is 0. The van der Waals surface area contributed by atoms with E-state index in [1.54, 1.807) is 0 Å². The minimum atomic E-state index is -4.95. The van der Waals surface area contributed by atoms with Crippen LogP contribution in [0.15, 0.2) is 0 Å². The Labute approximate surface area is 562 Å². The van der Waals surface area contributed by atoms with Crippen molar-refractivity contribution in [3.8, 4) is 0 Å². The van der Waals surface area contributed by atoms with Crippen molar-refractivity contribution < 1.29 is 80.2 Å². The fourth-order valence-corrected chi connectivity index (χ4v) is 12.8. The third-order valence-electron chi connectivity index (χ3n) is 17.0. The number of hydrogen-bond acceptors (Lipinski definition) is 15. The Morgan fingerprint density at radius 3 is 0.739 bits per heavy atom. The molecule has 0 fully saturated rings. The van der Waals surface area contributed by atoms with Crippen molar-refractivity contribution in [3.63, 3.8) is 0 Å². The number of esters is 4. The van der Waals surface area contributed by atoms with Crippen molar-refractivity contribution in [1.82, 2.24) is 0 Å². The maximum atomic E-state index is 13.1. The minimum absolute atomic E-state index is 0.105. The van der Waals surface area contributed by atoms with Gasteiger partial charge in [-0.25, -0.2) is 9.13 Å². The zero-order valence-corrected chi connectivity index (χ0v) is 61.5. The molecule has 0 radical (unpaired) electrons. The van der Waals surface area contributed by atoms with Crippen molar-refractivity contribution in [2.45, 2.75) is 400 Å². The number of aliphatic hydroxyl groups is 1. The van der Waals surface area contributed by atoms with Crippen LogP contribution in [0, 0.1) is 5.92 Å². The molecule has 92 heavy (non-hydrogen) atoms. The molecule has 3 N–H and O–H groups in total. The lowest BCUT2D eigenvalue weighted by molar-refractivity contribution is -0.161. The fourth-order valence-electron chi connectivity index (χ4n) is 11.2. The average molecular weight is 1350 g/mol. The van der Waals surface area contributed by atoms with Crippen LogP contribution in [0.3, 0.4) is 0 Å². The molecule has 0 heterocycles. The van der Waals surface area contributed by atoms with Gasteiger partial charge in [-0.1, -0.05) is 330 Å². The largest absolute Gasteiger partial charge is 0.472 e. The molecule has 5 atom stereocenters. The summed E-state index contributed by atoms with van der Waals surface area (Å²) in [5, 5.41) is 10.6. The molecule has 0 spiro atoms. The Hall–Kier alpha value is -1.94. The zero-order chi connectivity index (χ0) is 67.7. The van der Waals surface area contributed by atoms with Gasteiger partial charge in [0.05, 0.1) is 26.4 Å². The Bertz CT molecular complexity index is 1770. The van der Waals surface area contributed by atoms with Crippen molar-refractivity contribution in [2.24, 2.45) is 5.92 Å². The number of carbonyl (C=O) groups excluding carboxylic acids is 4. The fraction of sp³-hybridized carbons (Fsp3) is 0.945. The summed E-state index contributed by atoms with van der Waals surface area (Å²) in [4.78, 5) is 72.4. The Morgan fingerprint density at radius 2 is 0.500 bits per heavy atom. The molecule has 19 heteroatoms. The number of unbranched alkanes of at least 4 members (excludes halogenated alkanes) is 45. The molecule has 0 aromatic heterocycles. The molecule has 546 valence electrons. The van der Waals surface area contributed by atoms with E-state index in [0.717, 1.165) is 115 Å².